The van der Waals surface area contributed by atoms with E-state index in [0.717, 1.165) is 35.0 Å². The van der Waals surface area contributed by atoms with Crippen molar-refractivity contribution in [1.82, 2.24) is 0 Å². The fraction of sp³-hybridized carbons (Fsp3) is 0.519. The molecule has 0 aromatic heterocycles. The van der Waals surface area contributed by atoms with Gasteiger partial charge in [-0.25, -0.2) is 0 Å². The standard InChI is InChI=1S/C27H32O12/c1-15(28)36-21-20-14-27(25(31)33-4,26(32)34-5)13-19(18-9-7-6-8-10-18)11-12-35-24(39-20)23(38-17(3)30)22(21)37-16(2)29/h6-11,20-24H,12-14H2,1-5H3/b19-11+/t20-,21-,22+,23-,24-/m1/s1. The van der Waals surface area contributed by atoms with E-state index >= 15 is 0 Å². The van der Waals surface area contributed by atoms with Gasteiger partial charge in [0.15, 0.2) is 30.0 Å². The predicted molar refractivity (Wildman–Crippen MR) is 131 cm³/mol. The number of benzene rings is 1. The third-order valence-corrected chi connectivity index (χ3v) is 6.43. The number of hydrogen-bond acceptors (Lipinski definition) is 12. The molecule has 1 aromatic rings. The van der Waals surface area contributed by atoms with Crippen LogP contribution in [0.2, 0.25) is 0 Å². The molecule has 5 atom stereocenters. The van der Waals surface area contributed by atoms with Crippen LogP contribution in [-0.4, -0.2) is 81.4 Å². The summed E-state index contributed by atoms with van der Waals surface area (Å²) in [5.74, 6) is -4.10. The minimum Gasteiger partial charge on any atom is -0.468 e. The summed E-state index contributed by atoms with van der Waals surface area (Å²) >= 11 is 0. The summed E-state index contributed by atoms with van der Waals surface area (Å²) in [6.45, 7) is 3.29. The number of fused-ring (bicyclic) bond motifs is 2. The van der Waals surface area contributed by atoms with Crippen molar-refractivity contribution < 1.29 is 57.1 Å². The average molecular weight is 549 g/mol. The quantitative estimate of drug-likeness (QED) is 0.289. The molecule has 1 aromatic carbocycles. The molecular weight excluding hydrogens is 516 g/mol. The van der Waals surface area contributed by atoms with Gasteiger partial charge in [0.25, 0.3) is 0 Å². The van der Waals surface area contributed by atoms with Crippen LogP contribution in [-0.2, 0) is 57.1 Å². The van der Waals surface area contributed by atoms with E-state index in [-0.39, 0.29) is 13.0 Å². The third-order valence-electron chi connectivity index (χ3n) is 6.43. The highest BCUT2D eigenvalue weighted by Gasteiger charge is 2.58. The molecule has 3 rings (SSSR count). The monoisotopic (exact) mass is 548 g/mol. The number of esters is 5. The highest BCUT2D eigenvalue weighted by molar-refractivity contribution is 6.01. The van der Waals surface area contributed by atoms with Crippen molar-refractivity contribution in [2.45, 2.75) is 64.3 Å². The van der Waals surface area contributed by atoms with Crippen LogP contribution in [0.3, 0.4) is 0 Å². The smallest absolute Gasteiger partial charge is 0.323 e. The molecule has 0 saturated carbocycles. The Morgan fingerprint density at radius 3 is 1.87 bits per heavy atom. The SMILES string of the molecule is COC(=O)C1(C(=O)OC)C/C(c2ccccc2)=C\CO[C@@H]2O[C@H](C1)[C@@H](OC(C)=O)[C@H](OC(C)=O)[C@H]2OC(C)=O. The van der Waals surface area contributed by atoms with E-state index < -0.39 is 72.4 Å². The van der Waals surface area contributed by atoms with E-state index in [4.69, 9.17) is 33.2 Å². The number of hydrogen-bond donors (Lipinski definition) is 0. The maximum absolute atomic E-state index is 13.4. The molecule has 2 bridgehead atoms. The van der Waals surface area contributed by atoms with Gasteiger partial charge in [-0.3, -0.25) is 24.0 Å². The Morgan fingerprint density at radius 2 is 1.33 bits per heavy atom. The topological polar surface area (TPSA) is 150 Å². The minimum absolute atomic E-state index is 0.108. The van der Waals surface area contributed by atoms with Crippen molar-refractivity contribution in [3.63, 3.8) is 0 Å². The fourth-order valence-corrected chi connectivity index (χ4v) is 4.87. The normalized spacial score (nSPS) is 27.5. The van der Waals surface area contributed by atoms with Crippen molar-refractivity contribution in [2.24, 2.45) is 5.41 Å². The lowest BCUT2D eigenvalue weighted by Crippen LogP contribution is -2.63. The van der Waals surface area contributed by atoms with Gasteiger partial charge in [-0.05, 0) is 17.6 Å². The van der Waals surface area contributed by atoms with Crippen LogP contribution in [0.25, 0.3) is 5.57 Å². The Morgan fingerprint density at radius 1 is 0.795 bits per heavy atom. The van der Waals surface area contributed by atoms with Gasteiger partial charge in [0.2, 0.25) is 0 Å². The van der Waals surface area contributed by atoms with Gasteiger partial charge in [0.05, 0.1) is 20.8 Å². The second-order valence-electron chi connectivity index (χ2n) is 9.14. The zero-order valence-corrected chi connectivity index (χ0v) is 22.4. The number of rotatable bonds is 6. The maximum atomic E-state index is 13.4. The van der Waals surface area contributed by atoms with Crippen LogP contribution < -0.4 is 0 Å². The molecule has 212 valence electrons. The molecule has 12 nitrogen and oxygen atoms in total. The van der Waals surface area contributed by atoms with Gasteiger partial charge in [-0.15, -0.1) is 0 Å². The summed E-state index contributed by atoms with van der Waals surface area (Å²) in [6, 6.07) is 9.00. The summed E-state index contributed by atoms with van der Waals surface area (Å²) in [7, 11) is 2.26. The zero-order chi connectivity index (χ0) is 28.7. The number of ether oxygens (including phenoxy) is 7. The second-order valence-corrected chi connectivity index (χ2v) is 9.14. The van der Waals surface area contributed by atoms with Crippen molar-refractivity contribution >= 4 is 35.4 Å². The van der Waals surface area contributed by atoms with Gasteiger partial charge in [0.1, 0.15) is 6.10 Å². The van der Waals surface area contributed by atoms with Crippen LogP contribution in [0.5, 0.6) is 0 Å². The Hall–Kier alpha value is -3.77. The van der Waals surface area contributed by atoms with E-state index in [2.05, 4.69) is 0 Å². The molecule has 2 heterocycles. The first-order chi connectivity index (χ1) is 18.5. The Bertz CT molecular complexity index is 1100. The van der Waals surface area contributed by atoms with E-state index in [9.17, 15) is 24.0 Å². The van der Waals surface area contributed by atoms with Gasteiger partial charge in [0, 0.05) is 27.2 Å². The summed E-state index contributed by atoms with van der Waals surface area (Å²) in [5.41, 5.74) is -0.697. The highest BCUT2D eigenvalue weighted by atomic mass is 16.7. The molecular formula is C27H32O12. The van der Waals surface area contributed by atoms with Crippen LogP contribution in [0.4, 0.5) is 0 Å². The lowest BCUT2D eigenvalue weighted by Gasteiger charge is -2.46. The molecule has 1 fully saturated rings. The molecule has 1 saturated heterocycles. The molecule has 12 heteroatoms. The molecule has 39 heavy (non-hydrogen) atoms. The highest BCUT2D eigenvalue weighted by Crippen LogP contribution is 2.43. The van der Waals surface area contributed by atoms with Crippen molar-refractivity contribution in [3.8, 4) is 0 Å². The largest absolute Gasteiger partial charge is 0.468 e. The summed E-state index contributed by atoms with van der Waals surface area (Å²) < 4.78 is 38.5. The number of allylic oxidation sites excluding steroid dienone is 1. The summed E-state index contributed by atoms with van der Waals surface area (Å²) in [5, 5.41) is 0. The molecule has 2 aliphatic heterocycles. The Balaban J connectivity index is 2.23. The number of carbonyl (C=O) groups is 5. The summed E-state index contributed by atoms with van der Waals surface area (Å²) in [6.07, 6.45) is -5.65. The van der Waals surface area contributed by atoms with E-state index in [1.807, 2.05) is 6.07 Å². The molecule has 0 unspecified atom stereocenters. The van der Waals surface area contributed by atoms with Gasteiger partial charge in [-0.1, -0.05) is 36.4 Å². The second kappa shape index (κ2) is 12.9. The molecule has 2 aliphatic rings. The summed E-state index contributed by atoms with van der Waals surface area (Å²) in [4.78, 5) is 63.0. The first-order valence-electron chi connectivity index (χ1n) is 12.2. The average Bonchev–Trinajstić information content (AvgIpc) is 2.90. The predicted octanol–water partition coefficient (Wildman–Crippen LogP) is 1.73. The fourth-order valence-electron chi connectivity index (χ4n) is 4.87. The maximum Gasteiger partial charge on any atom is 0.323 e. The van der Waals surface area contributed by atoms with Crippen LogP contribution in [0.15, 0.2) is 36.4 Å². The Kier molecular flexibility index (Phi) is 9.81. The molecule has 0 N–H and O–H groups in total. The van der Waals surface area contributed by atoms with Crippen LogP contribution in [0, 0.1) is 5.41 Å². The minimum atomic E-state index is -1.97. The first-order valence-corrected chi connectivity index (χ1v) is 12.2. The lowest BCUT2D eigenvalue weighted by atomic mass is 9.73. The molecule has 0 aliphatic carbocycles. The van der Waals surface area contributed by atoms with E-state index in [1.165, 1.54) is 0 Å². The van der Waals surface area contributed by atoms with Gasteiger partial charge >= 0.3 is 29.8 Å². The zero-order valence-electron chi connectivity index (χ0n) is 22.4. The molecule has 0 amide bonds. The van der Waals surface area contributed by atoms with Gasteiger partial charge < -0.3 is 33.2 Å². The van der Waals surface area contributed by atoms with Crippen molar-refractivity contribution in [3.05, 3.63) is 42.0 Å². The van der Waals surface area contributed by atoms with E-state index in [0.29, 0.717) is 11.1 Å². The van der Waals surface area contributed by atoms with Crippen LogP contribution >= 0.6 is 0 Å². The number of carbonyl (C=O) groups excluding carboxylic acids is 5. The van der Waals surface area contributed by atoms with Gasteiger partial charge in [-0.2, -0.15) is 0 Å². The Labute approximate surface area is 225 Å². The number of methoxy groups -OCH3 is 2. The lowest BCUT2D eigenvalue weighted by molar-refractivity contribution is -0.305. The molecule has 0 spiro atoms. The molecule has 0 radical (unpaired) electrons. The van der Waals surface area contributed by atoms with Crippen molar-refractivity contribution in [2.75, 3.05) is 20.8 Å². The van der Waals surface area contributed by atoms with E-state index in [1.54, 1.807) is 30.3 Å². The van der Waals surface area contributed by atoms with Crippen molar-refractivity contribution in [1.29, 1.82) is 0 Å². The first kappa shape index (κ1) is 29.8. The van der Waals surface area contributed by atoms with Crippen LogP contribution in [0.1, 0.15) is 39.2 Å². The third kappa shape index (κ3) is 6.82.